The van der Waals surface area contributed by atoms with Gasteiger partial charge < -0.3 is 4.42 Å². The van der Waals surface area contributed by atoms with Crippen molar-refractivity contribution in [3.05, 3.63) is 82.5 Å². The number of aromatic nitrogens is 4. The lowest BCUT2D eigenvalue weighted by Crippen LogP contribution is -2.22. The summed E-state index contributed by atoms with van der Waals surface area (Å²) in [6.45, 7) is 4.10. The average Bonchev–Trinajstić information content (AvgIpc) is 3.18. The summed E-state index contributed by atoms with van der Waals surface area (Å²) < 4.78 is 7.32. The highest BCUT2D eigenvalue weighted by Crippen LogP contribution is 2.28. The van der Waals surface area contributed by atoms with E-state index >= 15 is 0 Å². The maximum absolute atomic E-state index is 12.8. The number of benzene rings is 2. The van der Waals surface area contributed by atoms with Crippen molar-refractivity contribution < 1.29 is 4.42 Å². The van der Waals surface area contributed by atoms with Crippen LogP contribution in [0, 0.1) is 0 Å². The number of halogens is 1. The second kappa shape index (κ2) is 8.00. The van der Waals surface area contributed by atoms with E-state index < -0.39 is 0 Å². The molecular weight excluding hydrogens is 396 g/mol. The van der Waals surface area contributed by atoms with Crippen molar-refractivity contribution in [1.29, 1.82) is 0 Å². The lowest BCUT2D eigenvalue weighted by molar-refractivity contribution is 0.528. The number of hydrogen-bond acceptors (Lipinski definition) is 6. The van der Waals surface area contributed by atoms with Crippen LogP contribution in [0.5, 0.6) is 0 Å². The van der Waals surface area contributed by atoms with Gasteiger partial charge >= 0.3 is 0 Å². The summed E-state index contributed by atoms with van der Waals surface area (Å²) >= 11 is 7.54. The summed E-state index contributed by atoms with van der Waals surface area (Å²) in [7, 11) is 0. The quantitative estimate of drug-likeness (QED) is 0.263. The lowest BCUT2D eigenvalue weighted by Gasteiger charge is -2.10. The number of fused-ring (bicyclic) bond motifs is 1. The number of allylic oxidation sites excluding steroid dienone is 1. The minimum Gasteiger partial charge on any atom is -0.420 e. The number of para-hydroxylation sites is 1. The zero-order valence-corrected chi connectivity index (χ0v) is 16.3. The first-order chi connectivity index (χ1) is 13.7. The molecule has 140 valence electrons. The smallest absolute Gasteiger partial charge is 0.262 e. The van der Waals surface area contributed by atoms with Crippen LogP contribution in [-0.4, -0.2) is 19.7 Å². The molecule has 0 unspecified atom stereocenters. The lowest BCUT2D eigenvalue weighted by atomic mass is 10.2. The van der Waals surface area contributed by atoms with E-state index in [1.165, 1.54) is 11.8 Å². The van der Waals surface area contributed by atoms with Crippen molar-refractivity contribution in [2.24, 2.45) is 0 Å². The third-order valence-corrected chi connectivity index (χ3v) is 5.32. The van der Waals surface area contributed by atoms with Crippen molar-refractivity contribution in [1.82, 2.24) is 19.7 Å². The Balaban J connectivity index is 1.63. The summed E-state index contributed by atoms with van der Waals surface area (Å²) in [4.78, 5) is 17.4. The molecule has 0 aliphatic heterocycles. The molecule has 0 radical (unpaired) electrons. The third kappa shape index (κ3) is 3.58. The normalized spacial score (nSPS) is 11.0. The molecule has 2 aromatic heterocycles. The van der Waals surface area contributed by atoms with Gasteiger partial charge in [0.1, 0.15) is 0 Å². The largest absolute Gasteiger partial charge is 0.420 e. The molecular formula is C20H15ClN4O2S. The van der Waals surface area contributed by atoms with Gasteiger partial charge in [-0.25, -0.2) is 4.98 Å². The molecule has 4 rings (SSSR count). The van der Waals surface area contributed by atoms with E-state index in [1.54, 1.807) is 22.8 Å². The van der Waals surface area contributed by atoms with Gasteiger partial charge in [0.25, 0.3) is 5.56 Å². The van der Waals surface area contributed by atoms with Crippen molar-refractivity contribution in [2.75, 3.05) is 0 Å². The molecule has 2 heterocycles. The molecule has 0 atom stereocenters. The van der Waals surface area contributed by atoms with Crippen molar-refractivity contribution in [3.8, 4) is 11.5 Å². The van der Waals surface area contributed by atoms with E-state index in [1.807, 2.05) is 36.4 Å². The fourth-order valence-corrected chi connectivity index (χ4v) is 3.79. The summed E-state index contributed by atoms with van der Waals surface area (Å²) in [5.41, 5.74) is 1.23. The first-order valence-corrected chi connectivity index (χ1v) is 9.84. The minimum absolute atomic E-state index is 0.102. The van der Waals surface area contributed by atoms with E-state index in [2.05, 4.69) is 21.8 Å². The Kier molecular flexibility index (Phi) is 5.27. The van der Waals surface area contributed by atoms with Gasteiger partial charge in [0.2, 0.25) is 11.8 Å². The van der Waals surface area contributed by atoms with Gasteiger partial charge in [-0.2, -0.15) is 0 Å². The van der Waals surface area contributed by atoms with E-state index in [4.69, 9.17) is 16.0 Å². The second-order valence-electron chi connectivity index (χ2n) is 5.89. The van der Waals surface area contributed by atoms with Gasteiger partial charge in [-0.1, -0.05) is 53.7 Å². The number of nitrogens with zero attached hydrogens (tertiary/aromatic N) is 4. The van der Waals surface area contributed by atoms with Gasteiger partial charge in [0, 0.05) is 6.54 Å². The van der Waals surface area contributed by atoms with Crippen LogP contribution in [0.2, 0.25) is 5.02 Å². The highest BCUT2D eigenvalue weighted by molar-refractivity contribution is 7.98. The summed E-state index contributed by atoms with van der Waals surface area (Å²) in [6, 6.07) is 14.5. The zero-order valence-electron chi connectivity index (χ0n) is 14.7. The van der Waals surface area contributed by atoms with Crippen LogP contribution in [0.3, 0.4) is 0 Å². The molecule has 0 spiro atoms. The molecule has 28 heavy (non-hydrogen) atoms. The topological polar surface area (TPSA) is 73.8 Å². The molecule has 2 aromatic carbocycles. The van der Waals surface area contributed by atoms with Crippen LogP contribution >= 0.6 is 23.4 Å². The number of hydrogen-bond donors (Lipinski definition) is 0. The molecule has 0 fully saturated rings. The molecule has 0 saturated carbocycles. The van der Waals surface area contributed by atoms with Crippen LogP contribution in [0.1, 0.15) is 5.89 Å². The highest BCUT2D eigenvalue weighted by Gasteiger charge is 2.14. The Morgan fingerprint density at radius 3 is 2.75 bits per heavy atom. The van der Waals surface area contributed by atoms with Crippen LogP contribution in [0.25, 0.3) is 22.4 Å². The van der Waals surface area contributed by atoms with E-state index in [0.29, 0.717) is 50.7 Å². The zero-order chi connectivity index (χ0) is 19.5. The number of thioether (sulfide) groups is 1. The summed E-state index contributed by atoms with van der Waals surface area (Å²) in [5, 5.41) is 9.83. The minimum atomic E-state index is -0.102. The fourth-order valence-electron chi connectivity index (χ4n) is 2.73. The average molecular weight is 411 g/mol. The third-order valence-electron chi connectivity index (χ3n) is 4.03. The Labute approximate surface area is 169 Å². The predicted molar refractivity (Wildman–Crippen MR) is 111 cm³/mol. The summed E-state index contributed by atoms with van der Waals surface area (Å²) in [6.07, 6.45) is 1.67. The van der Waals surface area contributed by atoms with E-state index in [0.717, 1.165) is 0 Å². The van der Waals surface area contributed by atoms with Crippen molar-refractivity contribution in [2.45, 2.75) is 17.5 Å². The molecule has 6 nitrogen and oxygen atoms in total. The highest BCUT2D eigenvalue weighted by atomic mass is 35.5. The Hall–Kier alpha value is -2.90. The predicted octanol–water partition coefficient (Wildman–Crippen LogP) is 4.58. The fraction of sp³-hybridized carbons (Fsp3) is 0.100. The molecule has 0 aliphatic rings. The van der Waals surface area contributed by atoms with Crippen LogP contribution in [-0.2, 0) is 12.3 Å². The Morgan fingerprint density at radius 1 is 1.14 bits per heavy atom. The van der Waals surface area contributed by atoms with Gasteiger partial charge in [0.05, 0.1) is 27.2 Å². The van der Waals surface area contributed by atoms with E-state index in [9.17, 15) is 4.79 Å². The first kappa shape index (κ1) is 18.5. The second-order valence-corrected chi connectivity index (χ2v) is 7.24. The molecule has 0 bridgehead atoms. The van der Waals surface area contributed by atoms with Crippen molar-refractivity contribution in [3.63, 3.8) is 0 Å². The molecule has 4 aromatic rings. The monoisotopic (exact) mass is 410 g/mol. The van der Waals surface area contributed by atoms with Gasteiger partial charge in [-0.15, -0.1) is 16.8 Å². The number of rotatable bonds is 6. The molecule has 0 N–H and O–H groups in total. The molecule has 0 saturated heterocycles. The van der Waals surface area contributed by atoms with Crippen LogP contribution in [0.15, 0.2) is 75.6 Å². The molecule has 8 heteroatoms. The van der Waals surface area contributed by atoms with E-state index in [-0.39, 0.29) is 5.56 Å². The van der Waals surface area contributed by atoms with Gasteiger partial charge in [-0.3, -0.25) is 9.36 Å². The van der Waals surface area contributed by atoms with Gasteiger partial charge in [-0.05, 0) is 24.3 Å². The standard InChI is InChI=1S/C20H15ClN4O2S/c1-2-11-25-19(26)14-8-4-6-10-16(14)22-20(25)28-12-17-23-24-18(27-17)13-7-3-5-9-15(13)21/h2-10H,1,11-12H2. The Bertz CT molecular complexity index is 1220. The van der Waals surface area contributed by atoms with Crippen LogP contribution in [0.4, 0.5) is 0 Å². The maximum Gasteiger partial charge on any atom is 0.262 e. The SMILES string of the molecule is C=CCn1c(SCc2nnc(-c3ccccc3Cl)o2)nc2ccccc2c1=O. The molecule has 0 amide bonds. The summed E-state index contributed by atoms with van der Waals surface area (Å²) in [5.74, 6) is 1.16. The van der Waals surface area contributed by atoms with Crippen LogP contribution < -0.4 is 5.56 Å². The molecule has 0 aliphatic carbocycles. The Morgan fingerprint density at radius 2 is 1.93 bits per heavy atom. The maximum atomic E-state index is 12.8. The first-order valence-electron chi connectivity index (χ1n) is 8.48. The van der Waals surface area contributed by atoms with Gasteiger partial charge in [0.15, 0.2) is 5.16 Å². The van der Waals surface area contributed by atoms with Crippen molar-refractivity contribution >= 4 is 34.3 Å².